The van der Waals surface area contributed by atoms with Crippen molar-refractivity contribution in [2.45, 2.75) is 135 Å². The van der Waals surface area contributed by atoms with Gasteiger partial charge in [0.05, 0.1) is 50.3 Å². The smallest absolute Gasteiger partial charge is 0.184 e. The highest BCUT2D eigenvalue weighted by Crippen LogP contribution is 2.40. The van der Waals surface area contributed by atoms with Crippen LogP contribution in [-0.4, -0.2) is 92.3 Å². The summed E-state index contributed by atoms with van der Waals surface area (Å²) < 4.78 is 38.0. The maximum atomic E-state index is 13.3. The summed E-state index contributed by atoms with van der Waals surface area (Å²) in [7, 11) is -4.04. The molecule has 2 aliphatic rings. The lowest BCUT2D eigenvalue weighted by atomic mass is 9.85. The Morgan fingerprint density at radius 3 is 2.09 bits per heavy atom. The second kappa shape index (κ2) is 15.8. The van der Waals surface area contributed by atoms with E-state index in [1.54, 1.807) is 13.2 Å². The van der Waals surface area contributed by atoms with E-state index in [0.29, 0.717) is 6.61 Å². The molecule has 256 valence electrons. The summed E-state index contributed by atoms with van der Waals surface area (Å²) in [4.78, 5) is 13.3. The zero-order valence-electron chi connectivity index (χ0n) is 29.8. The fourth-order valence-corrected chi connectivity index (χ4v) is 9.58. The Morgan fingerprint density at radius 2 is 1.53 bits per heavy atom. The van der Waals surface area contributed by atoms with Crippen LogP contribution in [0.15, 0.2) is 30.3 Å². The number of ether oxygens (including phenoxy) is 3. The molecule has 3 rings (SSSR count). The number of benzene rings is 1. The summed E-state index contributed by atoms with van der Waals surface area (Å²) in [5.74, 6) is 0.888. The highest BCUT2D eigenvalue weighted by atomic mass is 28.4. The highest BCUT2D eigenvalue weighted by molar-refractivity contribution is 6.70. The molecule has 0 aromatic heterocycles. The maximum Gasteiger partial charge on any atom is 0.184 e. The quantitative estimate of drug-likeness (QED) is 0.140. The van der Waals surface area contributed by atoms with Gasteiger partial charge < -0.3 is 32.6 Å². The van der Waals surface area contributed by atoms with E-state index in [9.17, 15) is 9.90 Å². The van der Waals surface area contributed by atoms with Crippen LogP contribution in [0.25, 0.3) is 6.08 Å². The van der Waals surface area contributed by atoms with Gasteiger partial charge in [0.1, 0.15) is 11.5 Å². The van der Waals surface area contributed by atoms with Crippen molar-refractivity contribution < 1.29 is 37.4 Å². The van der Waals surface area contributed by atoms with Crippen LogP contribution in [0, 0.1) is 11.8 Å². The molecule has 1 unspecified atom stereocenters. The molecule has 0 radical (unpaired) electrons. The number of hydrogen-bond acceptors (Lipinski definition) is 8. The fraction of sp³-hybridized carbons (Fsp3) is 0.735. The molecule has 0 amide bonds. The number of aliphatic hydroxyl groups excluding tert-OH is 1. The third-order valence-electron chi connectivity index (χ3n) is 8.10. The molecule has 2 saturated heterocycles. The molecule has 0 saturated carbocycles. The van der Waals surface area contributed by atoms with Crippen LogP contribution in [0.1, 0.15) is 38.7 Å². The highest BCUT2D eigenvalue weighted by Gasteiger charge is 2.51. The van der Waals surface area contributed by atoms with Crippen LogP contribution in [-0.2, 0) is 27.5 Å². The van der Waals surface area contributed by atoms with Gasteiger partial charge in [-0.25, -0.2) is 0 Å². The van der Waals surface area contributed by atoms with Crippen molar-refractivity contribution >= 4 is 36.8 Å². The van der Waals surface area contributed by atoms with Gasteiger partial charge >= 0.3 is 0 Å². The second-order valence-corrected chi connectivity index (χ2v) is 29.2. The zero-order valence-corrected chi connectivity index (χ0v) is 32.8. The Morgan fingerprint density at radius 1 is 0.933 bits per heavy atom. The van der Waals surface area contributed by atoms with Crippen molar-refractivity contribution in [2.24, 2.45) is 11.8 Å². The van der Waals surface area contributed by atoms with Crippen molar-refractivity contribution in [3.8, 4) is 5.75 Å². The first kappa shape index (κ1) is 38.3. The number of carbonyl (C=O) groups excluding carboxylic acids is 1. The number of epoxide rings is 1. The summed E-state index contributed by atoms with van der Waals surface area (Å²) in [5, 5.41) is 10.7. The summed E-state index contributed by atoms with van der Waals surface area (Å²) in [6.45, 7) is 24.5. The lowest BCUT2D eigenvalue weighted by molar-refractivity contribution is -0.159. The summed E-state index contributed by atoms with van der Waals surface area (Å²) in [5.41, 5.74) is 0.929. The molecule has 2 heterocycles. The molecular weight excluding hydrogens is 621 g/mol. The van der Waals surface area contributed by atoms with Crippen LogP contribution in [0.3, 0.4) is 0 Å². The van der Waals surface area contributed by atoms with E-state index in [-0.39, 0.29) is 67.1 Å². The van der Waals surface area contributed by atoms with E-state index in [0.717, 1.165) is 17.7 Å². The van der Waals surface area contributed by atoms with E-state index in [1.807, 2.05) is 30.3 Å². The monoisotopic (exact) mass is 680 g/mol. The number of carbonyl (C=O) groups is 1. The van der Waals surface area contributed by atoms with Crippen molar-refractivity contribution in [3.63, 3.8) is 0 Å². The van der Waals surface area contributed by atoms with Crippen LogP contribution < -0.4 is 4.74 Å². The van der Waals surface area contributed by atoms with Gasteiger partial charge in [-0.1, -0.05) is 31.2 Å². The van der Waals surface area contributed by atoms with E-state index < -0.39 is 31.1 Å². The molecule has 2 aliphatic heterocycles. The first-order chi connectivity index (χ1) is 20.7. The Balaban J connectivity index is 1.69. The Labute approximate surface area is 275 Å². The number of Topliss-reactive ketones (excluding diaryl/α,β-unsaturated/α-hetero) is 1. The normalized spacial score (nSPS) is 28.1. The molecule has 1 N–H and O–H groups in total. The minimum absolute atomic E-state index is 0.0133. The van der Waals surface area contributed by atoms with Gasteiger partial charge in [-0.05, 0) is 83.5 Å². The predicted octanol–water partition coefficient (Wildman–Crippen LogP) is 6.91. The molecule has 0 spiro atoms. The predicted molar refractivity (Wildman–Crippen MR) is 188 cm³/mol. The van der Waals surface area contributed by atoms with Gasteiger partial charge in [0.15, 0.2) is 25.0 Å². The standard InChI is InChI=1S/C34H60O8Si3/c1-23(24(2)40-43(4,5)6)32-31(39-32)21-30-34(42-45(10,11)12)33(41-44(7,8)9)26(22-38-30)19-28(36)20-27(35)16-13-25-14-17-29(37-3)18-15-25/h13-18,23-24,26-27,30-35H,19-22H2,1-12H3/b16-13+/t23-,24+,26+,27?,30+,31+,32+,33-,34-/m1/s1. The third-order valence-corrected chi connectivity index (χ3v) is 11.1. The first-order valence-electron chi connectivity index (χ1n) is 16.6. The zero-order chi connectivity index (χ0) is 33.7. The van der Waals surface area contributed by atoms with Gasteiger partial charge in [0, 0.05) is 37.2 Å². The number of aliphatic hydroxyl groups is 1. The van der Waals surface area contributed by atoms with Crippen LogP contribution >= 0.6 is 0 Å². The molecule has 1 aromatic carbocycles. The minimum Gasteiger partial charge on any atom is -0.497 e. The number of methoxy groups -OCH3 is 1. The molecule has 0 aliphatic carbocycles. The SMILES string of the molecule is COc1ccc(/C=C/C(O)CC(=O)C[C@H]2CO[C@@H](C[C@@H]3O[C@H]3[C@H](C)[C@H](C)O[Si](C)(C)C)[C@@H](O[Si](C)(C)C)[C@@H]2O[Si](C)(C)C)cc1. The van der Waals surface area contributed by atoms with Crippen LogP contribution in [0.4, 0.5) is 0 Å². The number of ketones is 1. The average molecular weight is 681 g/mol. The largest absolute Gasteiger partial charge is 0.497 e. The van der Waals surface area contributed by atoms with Crippen molar-refractivity contribution in [3.05, 3.63) is 35.9 Å². The van der Waals surface area contributed by atoms with E-state index in [1.165, 1.54) is 0 Å². The minimum atomic E-state index is -2.01. The molecule has 8 nitrogen and oxygen atoms in total. The Kier molecular flexibility index (Phi) is 13.5. The number of hydrogen-bond donors (Lipinski definition) is 1. The lowest BCUT2D eigenvalue weighted by Gasteiger charge is -2.47. The van der Waals surface area contributed by atoms with Crippen molar-refractivity contribution in [1.29, 1.82) is 0 Å². The molecular formula is C34H60O8Si3. The van der Waals surface area contributed by atoms with Crippen LogP contribution in [0.5, 0.6) is 5.75 Å². The molecule has 2 fully saturated rings. The summed E-state index contributed by atoms with van der Waals surface area (Å²) in [6, 6.07) is 7.55. The third kappa shape index (κ3) is 13.1. The van der Waals surface area contributed by atoms with Crippen LogP contribution in [0.2, 0.25) is 58.9 Å². The van der Waals surface area contributed by atoms with Gasteiger partial charge in [-0.3, -0.25) is 4.79 Å². The number of rotatable bonds is 17. The average Bonchev–Trinajstić information content (AvgIpc) is 3.67. The van der Waals surface area contributed by atoms with Crippen molar-refractivity contribution in [1.82, 2.24) is 0 Å². The lowest BCUT2D eigenvalue weighted by Crippen LogP contribution is -2.58. The van der Waals surface area contributed by atoms with Crippen molar-refractivity contribution in [2.75, 3.05) is 13.7 Å². The molecule has 9 atom stereocenters. The topological polar surface area (TPSA) is 96.0 Å². The molecule has 11 heteroatoms. The molecule has 1 aromatic rings. The Hall–Kier alpha value is -1.16. The van der Waals surface area contributed by atoms with E-state index in [4.69, 9.17) is 27.5 Å². The maximum absolute atomic E-state index is 13.3. The second-order valence-electron chi connectivity index (χ2n) is 15.8. The first-order valence-corrected chi connectivity index (χ1v) is 26.8. The summed E-state index contributed by atoms with van der Waals surface area (Å²) in [6.07, 6.45) is 3.28. The van der Waals surface area contributed by atoms with Gasteiger partial charge in [0.25, 0.3) is 0 Å². The van der Waals surface area contributed by atoms with Gasteiger partial charge in [-0.2, -0.15) is 0 Å². The molecule has 45 heavy (non-hydrogen) atoms. The summed E-state index contributed by atoms with van der Waals surface area (Å²) >= 11 is 0. The van der Waals surface area contributed by atoms with E-state index in [2.05, 4.69) is 72.8 Å². The van der Waals surface area contributed by atoms with Gasteiger partial charge in [-0.15, -0.1) is 0 Å². The van der Waals surface area contributed by atoms with E-state index >= 15 is 0 Å². The molecule has 0 bridgehead atoms. The fourth-order valence-electron chi connectivity index (χ4n) is 6.00. The van der Waals surface area contributed by atoms with Gasteiger partial charge in [0.2, 0.25) is 0 Å². The Bertz CT molecular complexity index is 1110.